The molecule has 1 unspecified atom stereocenters. The third-order valence-corrected chi connectivity index (χ3v) is 3.62. The van der Waals surface area contributed by atoms with Crippen LogP contribution < -0.4 is 0 Å². The minimum Gasteiger partial charge on any atom is -0.388 e. The van der Waals surface area contributed by atoms with Gasteiger partial charge in [0.15, 0.2) is 0 Å². The highest BCUT2D eigenvalue weighted by atomic mass is 32.2. The largest absolute Gasteiger partial charge is 0.388 e. The van der Waals surface area contributed by atoms with Gasteiger partial charge in [0, 0.05) is 23.2 Å². The van der Waals surface area contributed by atoms with Crippen molar-refractivity contribution in [2.45, 2.75) is 24.3 Å². The molecule has 1 atom stereocenters. The van der Waals surface area contributed by atoms with Crippen LogP contribution in [0.15, 0.2) is 47.5 Å². The van der Waals surface area contributed by atoms with Crippen molar-refractivity contribution < 1.29 is 5.11 Å². The molecule has 0 aliphatic carbocycles. The van der Waals surface area contributed by atoms with Crippen LogP contribution in [-0.2, 0) is 6.42 Å². The van der Waals surface area contributed by atoms with Crippen LogP contribution in [0, 0.1) is 6.92 Å². The molecule has 2 rings (SSSR count). The first-order chi connectivity index (χ1) is 8.69. The summed E-state index contributed by atoms with van der Waals surface area (Å²) in [4.78, 5) is 5.52. The highest BCUT2D eigenvalue weighted by molar-refractivity contribution is 7.98. The summed E-state index contributed by atoms with van der Waals surface area (Å²) in [5.41, 5.74) is 3.00. The maximum atomic E-state index is 10.2. The van der Waals surface area contributed by atoms with Crippen LogP contribution in [0.3, 0.4) is 0 Å². The molecule has 1 aromatic carbocycles. The number of thioether (sulfide) groups is 1. The second-order valence-electron chi connectivity index (χ2n) is 4.32. The average Bonchev–Trinajstić information content (AvgIpc) is 2.41. The van der Waals surface area contributed by atoms with Gasteiger partial charge < -0.3 is 5.11 Å². The van der Waals surface area contributed by atoms with Crippen LogP contribution in [-0.4, -0.2) is 16.3 Å². The molecule has 0 amide bonds. The highest BCUT2D eigenvalue weighted by Crippen LogP contribution is 2.21. The monoisotopic (exact) mass is 259 g/mol. The van der Waals surface area contributed by atoms with Crippen LogP contribution in [0.5, 0.6) is 0 Å². The summed E-state index contributed by atoms with van der Waals surface area (Å²) < 4.78 is 0. The highest BCUT2D eigenvalue weighted by Gasteiger charge is 2.09. The third kappa shape index (κ3) is 3.34. The second-order valence-corrected chi connectivity index (χ2v) is 5.20. The molecule has 1 N–H and O–H groups in total. The van der Waals surface area contributed by atoms with E-state index >= 15 is 0 Å². The molecule has 3 heteroatoms. The smallest absolute Gasteiger partial charge is 0.0845 e. The quantitative estimate of drug-likeness (QED) is 0.854. The fourth-order valence-electron chi connectivity index (χ4n) is 1.76. The van der Waals surface area contributed by atoms with Crippen molar-refractivity contribution in [2.75, 3.05) is 6.26 Å². The molecule has 0 bridgehead atoms. The van der Waals surface area contributed by atoms with Crippen LogP contribution in [0.1, 0.15) is 22.9 Å². The predicted octanol–water partition coefficient (Wildman–Crippen LogP) is 3.39. The van der Waals surface area contributed by atoms with E-state index in [0.717, 1.165) is 16.8 Å². The number of hydrogen-bond acceptors (Lipinski definition) is 3. The minimum absolute atomic E-state index is 0.490. The number of aromatic nitrogens is 1. The lowest BCUT2D eigenvalue weighted by atomic mass is 10.0. The maximum Gasteiger partial charge on any atom is 0.0845 e. The Morgan fingerprint density at radius 1 is 1.17 bits per heavy atom. The second kappa shape index (κ2) is 6.03. The first-order valence-corrected chi connectivity index (χ1v) is 7.15. The third-order valence-electron chi connectivity index (χ3n) is 2.88. The molecule has 2 aromatic rings. The van der Waals surface area contributed by atoms with E-state index in [1.54, 1.807) is 11.8 Å². The summed E-state index contributed by atoms with van der Waals surface area (Å²) in [6, 6.07) is 12.0. The van der Waals surface area contributed by atoms with Crippen molar-refractivity contribution in [1.82, 2.24) is 4.98 Å². The minimum atomic E-state index is -0.490. The van der Waals surface area contributed by atoms with Crippen LogP contribution in [0.25, 0.3) is 0 Å². The summed E-state index contributed by atoms with van der Waals surface area (Å²) in [5.74, 6) is 0. The standard InChI is InChI=1S/C15H17NOS/c1-11-3-6-13(16-10-11)9-15(17)12-4-7-14(18-2)8-5-12/h3-8,10,15,17H,9H2,1-2H3. The lowest BCUT2D eigenvalue weighted by Gasteiger charge is -2.11. The number of rotatable bonds is 4. The zero-order chi connectivity index (χ0) is 13.0. The summed E-state index contributed by atoms with van der Waals surface area (Å²) >= 11 is 1.70. The van der Waals surface area contributed by atoms with E-state index in [1.807, 2.05) is 55.8 Å². The van der Waals surface area contributed by atoms with E-state index in [0.29, 0.717) is 6.42 Å². The molecule has 0 saturated heterocycles. The Morgan fingerprint density at radius 2 is 1.89 bits per heavy atom. The molecule has 94 valence electrons. The van der Waals surface area contributed by atoms with E-state index in [1.165, 1.54) is 4.90 Å². The number of aliphatic hydroxyl groups is 1. The molecular weight excluding hydrogens is 242 g/mol. The van der Waals surface area contributed by atoms with Gasteiger partial charge in [-0.15, -0.1) is 11.8 Å². The first kappa shape index (κ1) is 13.1. The van der Waals surface area contributed by atoms with Crippen molar-refractivity contribution in [1.29, 1.82) is 0 Å². The van der Waals surface area contributed by atoms with Crippen LogP contribution >= 0.6 is 11.8 Å². The molecule has 0 saturated carbocycles. The van der Waals surface area contributed by atoms with Gasteiger partial charge in [-0.1, -0.05) is 18.2 Å². The van der Waals surface area contributed by atoms with Crippen molar-refractivity contribution >= 4 is 11.8 Å². The summed E-state index contributed by atoms with van der Waals surface area (Å²) in [6.07, 6.45) is 3.94. The summed E-state index contributed by atoms with van der Waals surface area (Å²) in [7, 11) is 0. The van der Waals surface area contributed by atoms with Gasteiger partial charge >= 0.3 is 0 Å². The van der Waals surface area contributed by atoms with Gasteiger partial charge in [0.2, 0.25) is 0 Å². The number of aryl methyl sites for hydroxylation is 1. The number of benzene rings is 1. The lowest BCUT2D eigenvalue weighted by molar-refractivity contribution is 0.177. The van der Waals surface area contributed by atoms with E-state index in [9.17, 15) is 5.11 Å². The molecular formula is C15H17NOS. The van der Waals surface area contributed by atoms with E-state index < -0.39 is 6.10 Å². The van der Waals surface area contributed by atoms with Gasteiger partial charge in [0.1, 0.15) is 0 Å². The average molecular weight is 259 g/mol. The fraction of sp³-hybridized carbons (Fsp3) is 0.267. The Bertz CT molecular complexity index is 493. The Morgan fingerprint density at radius 3 is 2.44 bits per heavy atom. The van der Waals surface area contributed by atoms with Crippen molar-refractivity contribution in [3.63, 3.8) is 0 Å². The molecule has 0 aliphatic heterocycles. The van der Waals surface area contributed by atoms with Gasteiger partial charge in [0.25, 0.3) is 0 Å². The van der Waals surface area contributed by atoms with Gasteiger partial charge in [-0.3, -0.25) is 4.98 Å². The fourth-order valence-corrected chi connectivity index (χ4v) is 2.17. The number of nitrogens with zero attached hydrogens (tertiary/aromatic N) is 1. The van der Waals surface area contributed by atoms with Gasteiger partial charge in [-0.05, 0) is 42.5 Å². The Labute approximate surface area is 112 Å². The number of hydrogen-bond donors (Lipinski definition) is 1. The van der Waals surface area contributed by atoms with Crippen molar-refractivity contribution in [2.24, 2.45) is 0 Å². The number of aliphatic hydroxyl groups excluding tert-OH is 1. The van der Waals surface area contributed by atoms with E-state index in [4.69, 9.17) is 0 Å². The Balaban J connectivity index is 2.06. The molecule has 2 nitrogen and oxygen atoms in total. The normalized spacial score (nSPS) is 12.4. The molecule has 0 fully saturated rings. The SMILES string of the molecule is CSc1ccc(C(O)Cc2ccc(C)cn2)cc1. The molecule has 0 aliphatic rings. The summed E-state index contributed by atoms with van der Waals surface area (Å²) in [5, 5.41) is 10.2. The molecule has 0 spiro atoms. The molecule has 0 radical (unpaired) electrons. The van der Waals surface area contributed by atoms with Crippen LogP contribution in [0.2, 0.25) is 0 Å². The van der Waals surface area contributed by atoms with E-state index in [2.05, 4.69) is 4.98 Å². The maximum absolute atomic E-state index is 10.2. The van der Waals surface area contributed by atoms with Crippen molar-refractivity contribution in [3.8, 4) is 0 Å². The van der Waals surface area contributed by atoms with Gasteiger partial charge in [-0.2, -0.15) is 0 Å². The summed E-state index contributed by atoms with van der Waals surface area (Å²) in [6.45, 7) is 2.01. The first-order valence-electron chi connectivity index (χ1n) is 5.92. The predicted molar refractivity (Wildman–Crippen MR) is 75.9 cm³/mol. The van der Waals surface area contributed by atoms with E-state index in [-0.39, 0.29) is 0 Å². The van der Waals surface area contributed by atoms with Gasteiger partial charge in [0.05, 0.1) is 6.10 Å². The lowest BCUT2D eigenvalue weighted by Crippen LogP contribution is -2.03. The molecule has 1 heterocycles. The Hall–Kier alpha value is -1.32. The van der Waals surface area contributed by atoms with Gasteiger partial charge in [-0.25, -0.2) is 0 Å². The molecule has 18 heavy (non-hydrogen) atoms. The zero-order valence-corrected chi connectivity index (χ0v) is 11.4. The zero-order valence-electron chi connectivity index (χ0n) is 10.6. The van der Waals surface area contributed by atoms with Crippen LogP contribution in [0.4, 0.5) is 0 Å². The number of pyridine rings is 1. The molecule has 1 aromatic heterocycles. The Kier molecular flexibility index (Phi) is 4.39. The topological polar surface area (TPSA) is 33.1 Å². The van der Waals surface area contributed by atoms with Crippen molar-refractivity contribution in [3.05, 3.63) is 59.4 Å².